The number of nitriles is 1. The van der Waals surface area contributed by atoms with Gasteiger partial charge in [0, 0.05) is 19.0 Å². The van der Waals surface area contributed by atoms with Crippen LogP contribution in [0, 0.1) is 23.1 Å². The zero-order chi connectivity index (χ0) is 27.0. The van der Waals surface area contributed by atoms with Crippen molar-refractivity contribution in [3.63, 3.8) is 0 Å². The Morgan fingerprint density at radius 3 is 2.41 bits per heavy atom. The summed E-state index contributed by atoms with van der Waals surface area (Å²) in [6.07, 6.45) is -4.70. The third-order valence-electron chi connectivity index (χ3n) is 6.69. The molecule has 2 aromatic carbocycles. The number of alkyl halides is 3. The lowest BCUT2D eigenvalue weighted by molar-refractivity contribution is -0.165. The Balaban J connectivity index is 1.65. The van der Waals surface area contributed by atoms with Crippen molar-refractivity contribution in [1.82, 2.24) is 10.2 Å². The Labute approximate surface area is 209 Å². The molecule has 1 saturated heterocycles. The number of aliphatic hydroxyl groups excluding tert-OH is 1. The van der Waals surface area contributed by atoms with Crippen LogP contribution < -0.4 is 10.2 Å². The number of anilines is 1. The minimum Gasteiger partial charge on any atom is -0.395 e. The Hall–Kier alpha value is -3.98. The smallest absolute Gasteiger partial charge is 0.395 e. The molecule has 0 bridgehead atoms. The Kier molecular flexibility index (Phi) is 6.92. The third kappa shape index (κ3) is 4.86. The molecule has 37 heavy (non-hydrogen) atoms. The van der Waals surface area contributed by atoms with Crippen molar-refractivity contribution in [2.24, 2.45) is 5.92 Å². The second-order valence-electron chi connectivity index (χ2n) is 9.00. The SMILES string of the molecule is N#Cc1ccc(N2CC(=O)N(Cc3ccc(C(F)(F)F)cc3)C3(CC(C(=O)NCCO)C3)C2=O)c(F)c1. The molecule has 2 aromatic rings. The average molecular weight is 518 g/mol. The van der Waals surface area contributed by atoms with Gasteiger partial charge in [0.15, 0.2) is 0 Å². The van der Waals surface area contributed by atoms with E-state index in [1.165, 1.54) is 29.2 Å². The van der Waals surface area contributed by atoms with Crippen LogP contribution in [0.3, 0.4) is 0 Å². The predicted molar refractivity (Wildman–Crippen MR) is 121 cm³/mol. The van der Waals surface area contributed by atoms with Crippen LogP contribution in [-0.2, 0) is 27.1 Å². The normalized spacial score (nSPS) is 21.6. The number of nitrogens with zero attached hydrogens (tertiary/aromatic N) is 3. The van der Waals surface area contributed by atoms with Gasteiger partial charge < -0.3 is 15.3 Å². The van der Waals surface area contributed by atoms with E-state index in [0.29, 0.717) is 5.56 Å². The molecule has 1 saturated carbocycles. The van der Waals surface area contributed by atoms with Crippen LogP contribution in [-0.4, -0.2) is 53.0 Å². The van der Waals surface area contributed by atoms with E-state index in [2.05, 4.69) is 5.32 Å². The number of nitrogens with one attached hydrogen (secondary N) is 1. The second kappa shape index (κ2) is 9.82. The fraction of sp³-hybridized carbons (Fsp3) is 0.360. The molecule has 1 aliphatic heterocycles. The molecule has 194 valence electrons. The highest BCUT2D eigenvalue weighted by Crippen LogP contribution is 2.47. The van der Waals surface area contributed by atoms with Crippen LogP contribution in [0.15, 0.2) is 42.5 Å². The van der Waals surface area contributed by atoms with Gasteiger partial charge in [-0.15, -0.1) is 0 Å². The van der Waals surface area contributed by atoms with Gasteiger partial charge in [-0.25, -0.2) is 4.39 Å². The lowest BCUT2D eigenvalue weighted by Gasteiger charge is -2.56. The molecule has 12 heteroatoms. The van der Waals surface area contributed by atoms with Crippen LogP contribution in [0.4, 0.5) is 23.2 Å². The maximum atomic E-state index is 14.8. The van der Waals surface area contributed by atoms with Gasteiger partial charge in [0.1, 0.15) is 17.9 Å². The van der Waals surface area contributed by atoms with Crippen molar-refractivity contribution in [1.29, 1.82) is 5.26 Å². The summed E-state index contributed by atoms with van der Waals surface area (Å²) < 4.78 is 53.6. The highest BCUT2D eigenvalue weighted by atomic mass is 19.4. The number of aliphatic hydroxyl groups is 1. The number of carbonyl (C=O) groups excluding carboxylic acids is 3. The van der Waals surface area contributed by atoms with E-state index in [1.807, 2.05) is 0 Å². The van der Waals surface area contributed by atoms with E-state index in [-0.39, 0.29) is 43.8 Å². The van der Waals surface area contributed by atoms with Crippen LogP contribution in [0.25, 0.3) is 0 Å². The van der Waals surface area contributed by atoms with Crippen LogP contribution in [0.2, 0.25) is 0 Å². The first-order valence-corrected chi connectivity index (χ1v) is 11.4. The highest BCUT2D eigenvalue weighted by Gasteiger charge is 2.61. The van der Waals surface area contributed by atoms with Crippen molar-refractivity contribution in [2.75, 3.05) is 24.6 Å². The molecule has 0 unspecified atom stereocenters. The standard InChI is InChI=1S/C25H22F4N4O4/c26-19-9-16(12-30)3-6-20(19)32-14-21(35)33(13-15-1-4-18(5-2-15)25(27,28)29)24(23(32)37)10-17(11-24)22(36)31-7-8-34/h1-6,9,17,34H,7-8,10-11,13-14H2,(H,31,36). The van der Waals surface area contributed by atoms with Crippen LogP contribution >= 0.6 is 0 Å². The summed E-state index contributed by atoms with van der Waals surface area (Å²) in [6.45, 7) is -0.983. The first-order valence-electron chi connectivity index (χ1n) is 11.4. The third-order valence-corrected chi connectivity index (χ3v) is 6.69. The molecule has 0 aromatic heterocycles. The zero-order valence-electron chi connectivity index (χ0n) is 19.4. The summed E-state index contributed by atoms with van der Waals surface area (Å²) in [5, 5.41) is 20.5. The number of hydrogen-bond acceptors (Lipinski definition) is 5. The molecular weight excluding hydrogens is 496 g/mol. The summed E-state index contributed by atoms with van der Waals surface area (Å²) in [6, 6.07) is 9.45. The average Bonchev–Trinajstić information content (AvgIpc) is 2.83. The largest absolute Gasteiger partial charge is 0.416 e. The highest BCUT2D eigenvalue weighted by molar-refractivity contribution is 6.10. The number of halogens is 4. The Bertz CT molecular complexity index is 1270. The van der Waals surface area contributed by atoms with E-state index in [1.54, 1.807) is 6.07 Å². The maximum absolute atomic E-state index is 14.8. The summed E-state index contributed by atoms with van der Waals surface area (Å²) in [4.78, 5) is 41.7. The van der Waals surface area contributed by atoms with Gasteiger partial charge in [0.2, 0.25) is 11.8 Å². The lowest BCUT2D eigenvalue weighted by atomic mass is 9.64. The van der Waals surface area contributed by atoms with Gasteiger partial charge in [-0.3, -0.25) is 19.3 Å². The van der Waals surface area contributed by atoms with Crippen molar-refractivity contribution >= 4 is 23.4 Å². The number of carbonyl (C=O) groups is 3. The predicted octanol–water partition coefficient (Wildman–Crippen LogP) is 2.35. The van der Waals surface area contributed by atoms with Gasteiger partial charge >= 0.3 is 6.18 Å². The van der Waals surface area contributed by atoms with Gasteiger partial charge in [-0.1, -0.05) is 12.1 Å². The molecule has 2 aliphatic rings. The summed E-state index contributed by atoms with van der Waals surface area (Å²) in [5.74, 6) is -3.16. The summed E-state index contributed by atoms with van der Waals surface area (Å²) in [5.41, 5.74) is -2.20. The number of amides is 3. The molecule has 0 radical (unpaired) electrons. The van der Waals surface area contributed by atoms with Gasteiger partial charge in [0.05, 0.1) is 29.5 Å². The molecule has 2 fully saturated rings. The van der Waals surface area contributed by atoms with Crippen LogP contribution in [0.1, 0.15) is 29.5 Å². The van der Waals surface area contributed by atoms with Crippen molar-refractivity contribution in [3.05, 3.63) is 65.0 Å². The molecule has 1 heterocycles. The molecule has 1 aliphatic carbocycles. The topological polar surface area (TPSA) is 114 Å². The molecule has 4 rings (SSSR count). The molecule has 1 spiro atoms. The lowest BCUT2D eigenvalue weighted by Crippen LogP contribution is -2.73. The number of rotatable bonds is 6. The van der Waals surface area contributed by atoms with Crippen LogP contribution in [0.5, 0.6) is 0 Å². The van der Waals surface area contributed by atoms with Gasteiger partial charge in [0.25, 0.3) is 5.91 Å². The zero-order valence-corrected chi connectivity index (χ0v) is 19.4. The first kappa shape index (κ1) is 26.1. The first-order chi connectivity index (χ1) is 17.5. The van der Waals surface area contributed by atoms with Crippen molar-refractivity contribution < 1.29 is 37.1 Å². The minimum atomic E-state index is -4.54. The fourth-order valence-corrected chi connectivity index (χ4v) is 4.77. The number of hydrogen-bond donors (Lipinski definition) is 2. The van der Waals surface area contributed by atoms with E-state index < -0.39 is 53.3 Å². The fourth-order valence-electron chi connectivity index (χ4n) is 4.77. The summed E-state index contributed by atoms with van der Waals surface area (Å²) in [7, 11) is 0. The molecule has 8 nitrogen and oxygen atoms in total. The quantitative estimate of drug-likeness (QED) is 0.570. The minimum absolute atomic E-state index is 0.00700. The Morgan fingerprint density at radius 1 is 1.16 bits per heavy atom. The van der Waals surface area contributed by atoms with Crippen molar-refractivity contribution in [2.45, 2.75) is 31.1 Å². The monoisotopic (exact) mass is 518 g/mol. The molecule has 0 atom stereocenters. The second-order valence-corrected chi connectivity index (χ2v) is 9.00. The van der Waals surface area contributed by atoms with E-state index in [4.69, 9.17) is 10.4 Å². The number of benzene rings is 2. The summed E-state index contributed by atoms with van der Waals surface area (Å²) >= 11 is 0. The number of piperazine rings is 1. The van der Waals surface area contributed by atoms with E-state index >= 15 is 0 Å². The molecular formula is C25H22F4N4O4. The molecule has 2 N–H and O–H groups in total. The van der Waals surface area contributed by atoms with E-state index in [9.17, 15) is 31.9 Å². The Morgan fingerprint density at radius 2 is 1.84 bits per heavy atom. The van der Waals surface area contributed by atoms with Gasteiger partial charge in [-0.2, -0.15) is 18.4 Å². The van der Waals surface area contributed by atoms with E-state index in [0.717, 1.165) is 23.1 Å². The molecule has 3 amide bonds. The van der Waals surface area contributed by atoms with Crippen molar-refractivity contribution in [3.8, 4) is 6.07 Å². The van der Waals surface area contributed by atoms with Gasteiger partial charge in [-0.05, 0) is 48.7 Å². The maximum Gasteiger partial charge on any atom is 0.416 e.